The summed E-state index contributed by atoms with van der Waals surface area (Å²) in [5.74, 6) is 2.72. The molecule has 142 valence electrons. The molecule has 0 saturated carbocycles. The van der Waals surface area contributed by atoms with Gasteiger partial charge in [0.05, 0.1) is 11.7 Å². The number of pyridine rings is 1. The summed E-state index contributed by atoms with van der Waals surface area (Å²) in [5.41, 5.74) is 7.33. The van der Waals surface area contributed by atoms with Crippen LogP contribution in [-0.2, 0) is 4.79 Å². The molecule has 1 amide bonds. The second kappa shape index (κ2) is 8.69. The van der Waals surface area contributed by atoms with Gasteiger partial charge in [0.25, 0.3) is 0 Å². The second-order valence-corrected chi connectivity index (χ2v) is 8.77. The lowest BCUT2D eigenvalue weighted by Gasteiger charge is -2.39. The minimum Gasteiger partial charge on any atom is -0.352 e. The number of piperidine rings is 1. The molecule has 3 saturated heterocycles. The van der Waals surface area contributed by atoms with Crippen molar-refractivity contribution in [3.8, 4) is 0 Å². The van der Waals surface area contributed by atoms with Crippen LogP contribution in [0.5, 0.6) is 0 Å². The summed E-state index contributed by atoms with van der Waals surface area (Å²) < 4.78 is 0. The summed E-state index contributed by atoms with van der Waals surface area (Å²) in [6.45, 7) is 2.24. The van der Waals surface area contributed by atoms with E-state index in [0.717, 1.165) is 44.1 Å². The molecule has 3 N–H and O–H groups in total. The number of likely N-dealkylation sites (tertiary alicyclic amines) is 1. The fraction of sp³-hybridized carbons (Fsp3) is 0.684. The van der Waals surface area contributed by atoms with E-state index in [1.54, 1.807) is 6.20 Å². The minimum atomic E-state index is -0.185. The number of amides is 1. The van der Waals surface area contributed by atoms with Crippen LogP contribution in [0.15, 0.2) is 24.4 Å². The molecule has 0 spiro atoms. The van der Waals surface area contributed by atoms with Crippen LogP contribution in [0.4, 0.5) is 0 Å². The SMILES string of the molecule is O=C(NC1CCN(C2CCSCC2)CC1)C1CC(c2ccccn2)NN1. The van der Waals surface area contributed by atoms with E-state index in [2.05, 4.69) is 37.8 Å². The number of hydrogen-bond acceptors (Lipinski definition) is 6. The summed E-state index contributed by atoms with van der Waals surface area (Å²) in [7, 11) is 0. The van der Waals surface area contributed by atoms with Gasteiger partial charge in [-0.05, 0) is 55.7 Å². The van der Waals surface area contributed by atoms with Crippen LogP contribution in [0.2, 0.25) is 0 Å². The van der Waals surface area contributed by atoms with Gasteiger partial charge in [0, 0.05) is 31.4 Å². The molecule has 3 fully saturated rings. The Balaban J connectivity index is 1.22. The molecule has 4 rings (SSSR count). The molecule has 2 unspecified atom stereocenters. The van der Waals surface area contributed by atoms with Crippen molar-refractivity contribution in [2.75, 3.05) is 24.6 Å². The molecule has 2 atom stereocenters. The highest BCUT2D eigenvalue weighted by Gasteiger charge is 2.33. The molecule has 6 nitrogen and oxygen atoms in total. The zero-order valence-electron chi connectivity index (χ0n) is 15.2. The molecule has 3 aliphatic heterocycles. The fourth-order valence-corrected chi connectivity index (χ4v) is 5.35. The summed E-state index contributed by atoms with van der Waals surface area (Å²) in [6.07, 6.45) is 7.32. The third-order valence-corrected chi connectivity index (χ3v) is 6.90. The van der Waals surface area contributed by atoms with Gasteiger partial charge in [-0.2, -0.15) is 11.8 Å². The molecule has 0 radical (unpaired) electrons. The zero-order chi connectivity index (χ0) is 17.8. The van der Waals surface area contributed by atoms with E-state index in [-0.39, 0.29) is 18.0 Å². The molecule has 1 aromatic rings. The van der Waals surface area contributed by atoms with E-state index in [0.29, 0.717) is 6.04 Å². The predicted octanol–water partition coefficient (Wildman–Crippen LogP) is 1.47. The average molecular weight is 376 g/mol. The van der Waals surface area contributed by atoms with E-state index in [4.69, 9.17) is 0 Å². The zero-order valence-corrected chi connectivity index (χ0v) is 16.0. The van der Waals surface area contributed by atoms with Crippen molar-refractivity contribution >= 4 is 17.7 Å². The molecule has 0 aromatic carbocycles. The van der Waals surface area contributed by atoms with Gasteiger partial charge in [0.2, 0.25) is 5.91 Å². The van der Waals surface area contributed by atoms with E-state index in [1.807, 2.05) is 18.2 Å². The number of carbonyl (C=O) groups excluding carboxylic acids is 1. The first-order valence-corrected chi connectivity index (χ1v) is 11.0. The van der Waals surface area contributed by atoms with Crippen LogP contribution in [0, 0.1) is 0 Å². The Bertz CT molecular complexity index is 587. The lowest BCUT2D eigenvalue weighted by Crippen LogP contribution is -2.52. The summed E-state index contributed by atoms with van der Waals surface area (Å²) in [6, 6.07) is 6.89. The van der Waals surface area contributed by atoms with Gasteiger partial charge >= 0.3 is 0 Å². The topological polar surface area (TPSA) is 69.3 Å². The van der Waals surface area contributed by atoms with Crippen LogP contribution in [0.25, 0.3) is 0 Å². The third kappa shape index (κ3) is 4.39. The minimum absolute atomic E-state index is 0.0953. The Morgan fingerprint density at radius 3 is 2.69 bits per heavy atom. The molecule has 1 aromatic heterocycles. The number of thioether (sulfide) groups is 1. The van der Waals surface area contributed by atoms with Crippen LogP contribution >= 0.6 is 11.8 Å². The van der Waals surface area contributed by atoms with Crippen molar-refractivity contribution in [2.24, 2.45) is 0 Å². The fourth-order valence-electron chi connectivity index (χ4n) is 4.27. The summed E-state index contributed by atoms with van der Waals surface area (Å²) >= 11 is 2.08. The molecular weight excluding hydrogens is 346 g/mol. The number of carbonyl (C=O) groups is 1. The monoisotopic (exact) mass is 375 g/mol. The largest absolute Gasteiger partial charge is 0.352 e. The maximum absolute atomic E-state index is 12.6. The summed E-state index contributed by atoms with van der Waals surface area (Å²) in [5, 5.41) is 3.26. The van der Waals surface area contributed by atoms with Gasteiger partial charge in [-0.25, -0.2) is 10.9 Å². The van der Waals surface area contributed by atoms with Gasteiger partial charge in [0.1, 0.15) is 6.04 Å². The highest BCUT2D eigenvalue weighted by Crippen LogP contribution is 2.25. The average Bonchev–Trinajstić information content (AvgIpc) is 3.20. The van der Waals surface area contributed by atoms with Crippen LogP contribution in [-0.4, -0.2) is 58.5 Å². The van der Waals surface area contributed by atoms with E-state index >= 15 is 0 Å². The number of hydrogen-bond donors (Lipinski definition) is 3. The first-order valence-electron chi connectivity index (χ1n) is 9.84. The van der Waals surface area contributed by atoms with Crippen molar-refractivity contribution in [2.45, 2.75) is 56.3 Å². The van der Waals surface area contributed by atoms with Gasteiger partial charge in [-0.3, -0.25) is 9.78 Å². The highest BCUT2D eigenvalue weighted by molar-refractivity contribution is 7.99. The molecule has 0 bridgehead atoms. The number of nitrogens with zero attached hydrogens (tertiary/aromatic N) is 2. The molecule has 0 aliphatic carbocycles. The van der Waals surface area contributed by atoms with Gasteiger partial charge in [0.15, 0.2) is 0 Å². The van der Waals surface area contributed by atoms with Crippen molar-refractivity contribution in [1.29, 1.82) is 0 Å². The molecule has 26 heavy (non-hydrogen) atoms. The van der Waals surface area contributed by atoms with Gasteiger partial charge in [-0.15, -0.1) is 0 Å². The second-order valence-electron chi connectivity index (χ2n) is 7.55. The van der Waals surface area contributed by atoms with Crippen LogP contribution < -0.4 is 16.2 Å². The lowest BCUT2D eigenvalue weighted by atomic mass is 10.00. The maximum Gasteiger partial charge on any atom is 0.238 e. The van der Waals surface area contributed by atoms with Gasteiger partial charge < -0.3 is 10.2 Å². The molecule has 4 heterocycles. The van der Waals surface area contributed by atoms with Crippen LogP contribution in [0.3, 0.4) is 0 Å². The Labute approximate surface area is 159 Å². The Morgan fingerprint density at radius 1 is 1.15 bits per heavy atom. The van der Waals surface area contributed by atoms with E-state index in [1.165, 1.54) is 24.3 Å². The molecule has 3 aliphatic rings. The normalized spacial score (nSPS) is 28.9. The Morgan fingerprint density at radius 2 is 1.96 bits per heavy atom. The quantitative estimate of drug-likeness (QED) is 0.740. The Hall–Kier alpha value is -1.15. The molecule has 7 heteroatoms. The number of rotatable bonds is 4. The highest BCUT2D eigenvalue weighted by atomic mass is 32.2. The van der Waals surface area contributed by atoms with Crippen molar-refractivity contribution in [1.82, 2.24) is 26.1 Å². The first kappa shape index (κ1) is 18.2. The standard InChI is InChI=1S/C19H29N5OS/c25-19(18-13-17(22-23-18)16-3-1-2-8-20-16)21-14-4-9-24(10-5-14)15-6-11-26-12-7-15/h1-3,8,14-15,17-18,22-23H,4-7,9-13H2,(H,21,25). The lowest BCUT2D eigenvalue weighted by molar-refractivity contribution is -0.124. The predicted molar refractivity (Wildman–Crippen MR) is 105 cm³/mol. The van der Waals surface area contributed by atoms with Gasteiger partial charge in [-0.1, -0.05) is 6.07 Å². The maximum atomic E-state index is 12.6. The number of hydrazine groups is 1. The third-order valence-electron chi connectivity index (χ3n) is 5.85. The Kier molecular flexibility index (Phi) is 6.09. The van der Waals surface area contributed by atoms with E-state index < -0.39 is 0 Å². The van der Waals surface area contributed by atoms with Crippen molar-refractivity contribution < 1.29 is 4.79 Å². The van der Waals surface area contributed by atoms with E-state index in [9.17, 15) is 4.79 Å². The summed E-state index contributed by atoms with van der Waals surface area (Å²) in [4.78, 5) is 19.7. The number of aromatic nitrogens is 1. The smallest absolute Gasteiger partial charge is 0.238 e. The number of nitrogens with one attached hydrogen (secondary N) is 3. The van der Waals surface area contributed by atoms with Crippen LogP contribution in [0.1, 0.15) is 43.8 Å². The first-order chi connectivity index (χ1) is 12.8. The van der Waals surface area contributed by atoms with Crippen molar-refractivity contribution in [3.63, 3.8) is 0 Å². The molecular formula is C19H29N5OS. The van der Waals surface area contributed by atoms with Crippen molar-refractivity contribution in [3.05, 3.63) is 30.1 Å².